The molecule has 0 bridgehead atoms. The van der Waals surface area contributed by atoms with Crippen molar-refractivity contribution in [2.24, 2.45) is 0 Å². The van der Waals surface area contributed by atoms with E-state index in [1.54, 1.807) is 36.4 Å². The quantitative estimate of drug-likeness (QED) is 0.418. The molecule has 7 nitrogen and oxygen atoms in total. The molecule has 0 aliphatic rings. The first-order valence-corrected chi connectivity index (χ1v) is 14.1. The first-order valence-electron chi connectivity index (χ1n) is 11.8. The van der Waals surface area contributed by atoms with Crippen molar-refractivity contribution in [3.05, 3.63) is 100 Å². The summed E-state index contributed by atoms with van der Waals surface area (Å²) >= 11 is 6.05. The molecule has 0 heterocycles. The van der Waals surface area contributed by atoms with E-state index in [1.165, 1.54) is 11.9 Å². The van der Waals surface area contributed by atoms with Crippen molar-refractivity contribution < 1.29 is 18.0 Å². The van der Waals surface area contributed by atoms with Crippen LogP contribution in [0.5, 0.6) is 0 Å². The SMILES string of the molecule is CNC(=O)C(Cc1ccccc1)N(Cc1ccc(Cl)cc1)C(=O)CN(c1cc(C)cc(C)c1)S(C)(=O)=O. The Bertz CT molecular complexity index is 1330. The predicted octanol–water partition coefficient (Wildman–Crippen LogP) is 4.11. The van der Waals surface area contributed by atoms with Crippen molar-refractivity contribution in [1.29, 1.82) is 0 Å². The van der Waals surface area contributed by atoms with E-state index in [1.807, 2.05) is 50.2 Å². The number of carbonyl (C=O) groups is 2. The monoisotopic (exact) mass is 541 g/mol. The van der Waals surface area contributed by atoms with Gasteiger partial charge in [-0.05, 0) is 60.4 Å². The fourth-order valence-electron chi connectivity index (χ4n) is 4.22. The Kier molecular flexibility index (Phi) is 9.34. The van der Waals surface area contributed by atoms with Gasteiger partial charge < -0.3 is 10.2 Å². The largest absolute Gasteiger partial charge is 0.357 e. The molecule has 3 rings (SSSR count). The molecule has 0 radical (unpaired) electrons. The molecule has 0 fully saturated rings. The maximum atomic E-state index is 13.9. The van der Waals surface area contributed by atoms with Crippen molar-refractivity contribution in [3.8, 4) is 0 Å². The van der Waals surface area contributed by atoms with Crippen LogP contribution in [0.1, 0.15) is 22.3 Å². The maximum Gasteiger partial charge on any atom is 0.244 e. The van der Waals surface area contributed by atoms with Crippen molar-refractivity contribution in [2.75, 3.05) is 24.2 Å². The lowest BCUT2D eigenvalue weighted by molar-refractivity contribution is -0.139. The van der Waals surface area contributed by atoms with Gasteiger partial charge in [-0.2, -0.15) is 0 Å². The van der Waals surface area contributed by atoms with E-state index < -0.39 is 28.5 Å². The van der Waals surface area contributed by atoms with Gasteiger partial charge in [0.1, 0.15) is 12.6 Å². The number of likely N-dealkylation sites (N-methyl/N-ethyl adjacent to an activating group) is 1. The highest BCUT2D eigenvalue weighted by Gasteiger charge is 2.32. The third-order valence-corrected chi connectivity index (χ3v) is 7.35. The van der Waals surface area contributed by atoms with Gasteiger partial charge in [0.05, 0.1) is 11.9 Å². The molecule has 2 amide bonds. The molecular formula is C28H32ClN3O4S. The molecule has 1 unspecified atom stereocenters. The summed E-state index contributed by atoms with van der Waals surface area (Å²) in [5, 5.41) is 3.21. The van der Waals surface area contributed by atoms with Gasteiger partial charge in [0.2, 0.25) is 21.8 Å². The van der Waals surface area contributed by atoms with E-state index in [0.717, 1.165) is 32.8 Å². The van der Waals surface area contributed by atoms with Gasteiger partial charge in [0, 0.05) is 25.0 Å². The number of benzene rings is 3. The van der Waals surface area contributed by atoms with Gasteiger partial charge in [0.15, 0.2) is 0 Å². The van der Waals surface area contributed by atoms with Gasteiger partial charge in [-0.25, -0.2) is 8.42 Å². The second-order valence-corrected chi connectivity index (χ2v) is 11.4. The van der Waals surface area contributed by atoms with Crippen LogP contribution in [-0.2, 0) is 32.6 Å². The lowest BCUT2D eigenvalue weighted by atomic mass is 10.0. The Hall–Kier alpha value is -3.36. The van der Waals surface area contributed by atoms with Crippen molar-refractivity contribution >= 4 is 39.1 Å². The highest BCUT2D eigenvalue weighted by atomic mass is 35.5. The van der Waals surface area contributed by atoms with Crippen molar-refractivity contribution in [1.82, 2.24) is 10.2 Å². The molecule has 0 aromatic heterocycles. The third kappa shape index (κ3) is 7.81. The van der Waals surface area contributed by atoms with Crippen LogP contribution in [0, 0.1) is 13.8 Å². The minimum atomic E-state index is -3.80. The predicted molar refractivity (Wildman–Crippen MR) is 148 cm³/mol. The van der Waals surface area contributed by atoms with Crippen LogP contribution in [-0.4, -0.2) is 51.0 Å². The number of carbonyl (C=O) groups excluding carboxylic acids is 2. The summed E-state index contributed by atoms with van der Waals surface area (Å²) in [5.74, 6) is -0.840. The average Bonchev–Trinajstić information content (AvgIpc) is 2.84. The average molecular weight is 542 g/mol. The number of nitrogens with one attached hydrogen (secondary N) is 1. The van der Waals surface area contributed by atoms with Crippen LogP contribution in [0.25, 0.3) is 0 Å². The Labute approximate surface area is 224 Å². The molecule has 3 aromatic carbocycles. The number of halogens is 1. The van der Waals surface area contributed by atoms with Crippen LogP contribution in [0.3, 0.4) is 0 Å². The summed E-state index contributed by atoms with van der Waals surface area (Å²) in [6.45, 7) is 3.39. The van der Waals surface area contributed by atoms with E-state index in [-0.39, 0.29) is 18.9 Å². The van der Waals surface area contributed by atoms with E-state index in [4.69, 9.17) is 11.6 Å². The third-order valence-electron chi connectivity index (χ3n) is 5.96. The zero-order valence-corrected chi connectivity index (χ0v) is 23.0. The Morgan fingerprint density at radius 2 is 1.51 bits per heavy atom. The smallest absolute Gasteiger partial charge is 0.244 e. The number of nitrogens with zero attached hydrogens (tertiary/aromatic N) is 2. The Balaban J connectivity index is 2.03. The Morgan fingerprint density at radius 1 is 0.919 bits per heavy atom. The van der Waals surface area contributed by atoms with E-state index >= 15 is 0 Å². The molecule has 0 aliphatic carbocycles. The zero-order valence-electron chi connectivity index (χ0n) is 21.4. The molecule has 9 heteroatoms. The van der Waals surface area contributed by atoms with E-state index in [2.05, 4.69) is 5.32 Å². The van der Waals surface area contributed by atoms with Crippen LogP contribution < -0.4 is 9.62 Å². The zero-order chi connectivity index (χ0) is 27.2. The molecule has 0 saturated carbocycles. The number of amides is 2. The van der Waals surface area contributed by atoms with Gasteiger partial charge >= 0.3 is 0 Å². The van der Waals surface area contributed by atoms with Crippen LogP contribution in [0.2, 0.25) is 5.02 Å². The molecular weight excluding hydrogens is 510 g/mol. The summed E-state index contributed by atoms with van der Waals surface area (Å²) in [7, 11) is -2.28. The summed E-state index contributed by atoms with van der Waals surface area (Å²) in [4.78, 5) is 28.4. The molecule has 3 aromatic rings. The minimum Gasteiger partial charge on any atom is -0.357 e. The number of aryl methyl sites for hydroxylation is 2. The molecule has 1 N–H and O–H groups in total. The van der Waals surface area contributed by atoms with Crippen molar-refractivity contribution in [3.63, 3.8) is 0 Å². The summed E-state index contributed by atoms with van der Waals surface area (Å²) in [6, 6.07) is 20.9. The number of sulfonamides is 1. The van der Waals surface area contributed by atoms with Crippen LogP contribution in [0.4, 0.5) is 5.69 Å². The fourth-order valence-corrected chi connectivity index (χ4v) is 5.17. The molecule has 196 valence electrons. The van der Waals surface area contributed by atoms with Gasteiger partial charge in [-0.15, -0.1) is 0 Å². The van der Waals surface area contributed by atoms with Crippen LogP contribution >= 0.6 is 11.6 Å². The van der Waals surface area contributed by atoms with Gasteiger partial charge in [0.25, 0.3) is 0 Å². The second-order valence-electron chi connectivity index (χ2n) is 9.08. The summed E-state index contributed by atoms with van der Waals surface area (Å²) < 4.78 is 26.7. The number of rotatable bonds is 10. The summed E-state index contributed by atoms with van der Waals surface area (Å²) in [5.41, 5.74) is 3.79. The molecule has 0 saturated heterocycles. The summed E-state index contributed by atoms with van der Waals surface area (Å²) in [6.07, 6.45) is 1.34. The number of hydrogen-bond acceptors (Lipinski definition) is 4. The van der Waals surface area contributed by atoms with Gasteiger partial charge in [-0.1, -0.05) is 60.1 Å². The second kappa shape index (κ2) is 12.3. The van der Waals surface area contributed by atoms with E-state index in [0.29, 0.717) is 10.7 Å². The fraction of sp³-hybridized carbons (Fsp3) is 0.286. The standard InChI is InChI=1S/C28H32ClN3O4S/c1-20-14-21(2)16-25(15-20)32(37(4,35)36)19-27(33)31(18-23-10-12-24(29)13-11-23)26(28(34)30-3)17-22-8-6-5-7-9-22/h5-16,26H,17-19H2,1-4H3,(H,30,34). The van der Waals surface area contributed by atoms with Crippen molar-refractivity contribution in [2.45, 2.75) is 32.9 Å². The topological polar surface area (TPSA) is 86.8 Å². The first-order chi connectivity index (χ1) is 17.5. The number of hydrogen-bond donors (Lipinski definition) is 1. The minimum absolute atomic E-state index is 0.103. The molecule has 1 atom stereocenters. The molecule has 0 aliphatic heterocycles. The van der Waals surface area contributed by atoms with E-state index in [9.17, 15) is 18.0 Å². The Morgan fingerprint density at radius 3 is 2.05 bits per heavy atom. The maximum absolute atomic E-state index is 13.9. The number of anilines is 1. The normalized spacial score (nSPS) is 12.0. The highest BCUT2D eigenvalue weighted by Crippen LogP contribution is 2.23. The molecule has 0 spiro atoms. The van der Waals surface area contributed by atoms with Crippen LogP contribution in [0.15, 0.2) is 72.8 Å². The lowest BCUT2D eigenvalue weighted by Gasteiger charge is -2.33. The van der Waals surface area contributed by atoms with Gasteiger partial charge in [-0.3, -0.25) is 13.9 Å². The molecule has 37 heavy (non-hydrogen) atoms. The highest BCUT2D eigenvalue weighted by molar-refractivity contribution is 7.92. The lowest BCUT2D eigenvalue weighted by Crippen LogP contribution is -2.52. The first kappa shape index (κ1) is 28.2.